The monoisotopic (exact) mass is 642 g/mol. The Morgan fingerprint density at radius 3 is 2.45 bits per heavy atom. The molecule has 1 aromatic heterocycles. The van der Waals surface area contributed by atoms with Gasteiger partial charge in [-0.3, -0.25) is 9.36 Å². The quantitative estimate of drug-likeness (QED) is 0.212. The van der Waals surface area contributed by atoms with Crippen molar-refractivity contribution >= 4 is 65.7 Å². The minimum Gasteiger partial charge on any atom is -0.492 e. The van der Waals surface area contributed by atoms with Gasteiger partial charge < -0.3 is 4.74 Å². The van der Waals surface area contributed by atoms with Crippen molar-refractivity contribution in [2.24, 2.45) is 4.99 Å². The molecule has 0 spiro atoms. The fourth-order valence-electron chi connectivity index (χ4n) is 5.29. The third-order valence-electron chi connectivity index (χ3n) is 7.04. The van der Waals surface area contributed by atoms with Crippen molar-refractivity contribution < 1.29 is 4.74 Å². The number of halogens is 2. The van der Waals surface area contributed by atoms with E-state index in [0.29, 0.717) is 22.4 Å². The molecule has 186 valence electrons. The molecular formula is C31H20Br2N2O2S. The number of nitrogens with zero attached hydrogens (tertiary/aromatic N) is 2. The smallest absolute Gasteiger partial charge is 0.271 e. The predicted octanol–water partition coefficient (Wildman–Crippen LogP) is 6.83. The number of fused-ring (bicyclic) bond motifs is 5. The Bertz CT molecular complexity index is 1940. The van der Waals surface area contributed by atoms with Crippen LogP contribution in [0.1, 0.15) is 29.2 Å². The summed E-state index contributed by atoms with van der Waals surface area (Å²) in [7, 11) is 0. The highest BCUT2D eigenvalue weighted by Gasteiger charge is 2.32. The van der Waals surface area contributed by atoms with Crippen LogP contribution in [0.15, 0.2) is 109 Å². The SMILES string of the molecule is O=c1/c(=C\c2ccc(Br)cc2)sc2n1C(c1ccc(Br)cc1)C1=C(N=2)c2ccc3ccccc3c2OCC1. The Morgan fingerprint density at radius 2 is 1.66 bits per heavy atom. The molecular weight excluding hydrogens is 624 g/mol. The number of hydrogen-bond donors (Lipinski definition) is 0. The first-order valence-electron chi connectivity index (χ1n) is 12.3. The van der Waals surface area contributed by atoms with Crippen LogP contribution in [0.5, 0.6) is 5.75 Å². The van der Waals surface area contributed by atoms with Crippen molar-refractivity contribution in [3.63, 3.8) is 0 Å². The summed E-state index contributed by atoms with van der Waals surface area (Å²) in [6, 6.07) is 28.5. The largest absolute Gasteiger partial charge is 0.492 e. The minimum absolute atomic E-state index is 0.0277. The van der Waals surface area contributed by atoms with Gasteiger partial charge in [0, 0.05) is 26.3 Å². The van der Waals surface area contributed by atoms with E-state index in [9.17, 15) is 4.79 Å². The van der Waals surface area contributed by atoms with Crippen LogP contribution in [-0.2, 0) is 0 Å². The first kappa shape index (κ1) is 23.8. The van der Waals surface area contributed by atoms with Crippen LogP contribution in [0.4, 0.5) is 0 Å². The van der Waals surface area contributed by atoms with Crippen molar-refractivity contribution in [1.29, 1.82) is 0 Å². The number of rotatable bonds is 2. The summed E-state index contributed by atoms with van der Waals surface area (Å²) in [6.45, 7) is 0.522. The van der Waals surface area contributed by atoms with Gasteiger partial charge in [-0.15, -0.1) is 0 Å². The Hall–Kier alpha value is -3.26. The molecule has 0 saturated carbocycles. The van der Waals surface area contributed by atoms with E-state index in [2.05, 4.69) is 68.3 Å². The van der Waals surface area contributed by atoms with Crippen LogP contribution in [0.25, 0.3) is 22.5 Å². The van der Waals surface area contributed by atoms with Crippen molar-refractivity contribution in [2.75, 3.05) is 6.61 Å². The van der Waals surface area contributed by atoms with Crippen LogP contribution < -0.4 is 19.6 Å². The second-order valence-corrected chi connectivity index (χ2v) is 12.2. The second-order valence-electron chi connectivity index (χ2n) is 9.32. The summed E-state index contributed by atoms with van der Waals surface area (Å²) in [5.41, 5.74) is 4.99. The molecule has 0 bridgehead atoms. The molecule has 4 nitrogen and oxygen atoms in total. The molecule has 1 unspecified atom stereocenters. The van der Waals surface area contributed by atoms with Gasteiger partial charge in [-0.2, -0.15) is 0 Å². The van der Waals surface area contributed by atoms with Gasteiger partial charge in [0.15, 0.2) is 4.80 Å². The summed E-state index contributed by atoms with van der Waals surface area (Å²) in [4.78, 5) is 19.8. The van der Waals surface area contributed by atoms with Gasteiger partial charge in [0.2, 0.25) is 0 Å². The Balaban J connectivity index is 1.51. The molecule has 0 amide bonds. The lowest BCUT2D eigenvalue weighted by atomic mass is 9.91. The van der Waals surface area contributed by atoms with Gasteiger partial charge in [-0.1, -0.05) is 97.8 Å². The highest BCUT2D eigenvalue weighted by molar-refractivity contribution is 9.10. The lowest BCUT2D eigenvalue weighted by Gasteiger charge is -2.26. The molecule has 2 aliphatic heterocycles. The summed E-state index contributed by atoms with van der Waals surface area (Å²) in [6.07, 6.45) is 2.63. The Labute approximate surface area is 239 Å². The Morgan fingerprint density at radius 1 is 0.921 bits per heavy atom. The summed E-state index contributed by atoms with van der Waals surface area (Å²) >= 11 is 8.49. The van der Waals surface area contributed by atoms with E-state index in [-0.39, 0.29) is 11.6 Å². The third kappa shape index (κ3) is 4.01. The molecule has 38 heavy (non-hydrogen) atoms. The highest BCUT2D eigenvalue weighted by atomic mass is 79.9. The van der Waals surface area contributed by atoms with E-state index in [1.54, 1.807) is 0 Å². The molecule has 3 heterocycles. The standard InChI is InChI=1S/C31H20Br2N2O2S/c32-21-10-5-18(6-11-21)17-26-30(36)35-28(20-7-12-22(33)13-8-20)24-15-16-37-29-23-4-2-1-3-19(23)9-14-25(29)27(24)34-31(35)38-26/h1-14,17,28H,15-16H2/b26-17+. The lowest BCUT2D eigenvalue weighted by molar-refractivity contribution is 0.323. The molecule has 0 fully saturated rings. The maximum absolute atomic E-state index is 13.9. The van der Waals surface area contributed by atoms with Crippen molar-refractivity contribution in [2.45, 2.75) is 12.5 Å². The molecule has 4 aromatic carbocycles. The Kier molecular flexibility index (Phi) is 5.95. The van der Waals surface area contributed by atoms with Gasteiger partial charge in [0.1, 0.15) is 5.75 Å². The zero-order valence-electron chi connectivity index (χ0n) is 20.0. The first-order valence-corrected chi connectivity index (χ1v) is 14.7. The molecule has 0 saturated heterocycles. The molecule has 0 aliphatic carbocycles. The summed E-state index contributed by atoms with van der Waals surface area (Å²) in [5.74, 6) is 0.861. The normalized spacial score (nSPS) is 16.8. The van der Waals surface area contributed by atoms with E-state index in [1.165, 1.54) is 11.3 Å². The minimum atomic E-state index is -0.262. The van der Waals surface area contributed by atoms with Gasteiger partial charge >= 0.3 is 0 Å². The maximum Gasteiger partial charge on any atom is 0.271 e. The van der Waals surface area contributed by atoms with Crippen LogP contribution in [-0.4, -0.2) is 11.2 Å². The number of thiazole rings is 1. The zero-order chi connectivity index (χ0) is 25.8. The van der Waals surface area contributed by atoms with E-state index in [4.69, 9.17) is 9.73 Å². The number of aromatic nitrogens is 1. The number of benzene rings is 4. The molecule has 0 radical (unpaired) electrons. The lowest BCUT2D eigenvalue weighted by Crippen LogP contribution is -2.38. The van der Waals surface area contributed by atoms with Crippen LogP contribution >= 0.6 is 43.2 Å². The van der Waals surface area contributed by atoms with Crippen LogP contribution in [0.2, 0.25) is 0 Å². The van der Waals surface area contributed by atoms with Crippen LogP contribution in [0, 0.1) is 0 Å². The van der Waals surface area contributed by atoms with E-state index >= 15 is 0 Å². The molecule has 7 rings (SSSR count). The molecule has 0 N–H and O–H groups in total. The average molecular weight is 644 g/mol. The molecule has 7 heteroatoms. The number of hydrogen-bond acceptors (Lipinski definition) is 4. The fraction of sp³-hybridized carbons (Fsp3) is 0.0968. The summed E-state index contributed by atoms with van der Waals surface area (Å²) in [5, 5.41) is 2.21. The molecule has 5 aromatic rings. The van der Waals surface area contributed by atoms with Crippen molar-refractivity contribution in [3.8, 4) is 5.75 Å². The zero-order valence-corrected chi connectivity index (χ0v) is 24.0. The van der Waals surface area contributed by atoms with Gasteiger partial charge in [0.25, 0.3) is 5.56 Å². The van der Waals surface area contributed by atoms with E-state index < -0.39 is 0 Å². The van der Waals surface area contributed by atoms with Gasteiger partial charge in [-0.25, -0.2) is 4.99 Å². The summed E-state index contributed by atoms with van der Waals surface area (Å²) < 4.78 is 10.9. The maximum atomic E-state index is 13.9. The van der Waals surface area contributed by atoms with Gasteiger partial charge in [0.05, 0.1) is 22.9 Å². The predicted molar refractivity (Wildman–Crippen MR) is 160 cm³/mol. The molecule has 2 aliphatic rings. The average Bonchev–Trinajstić information content (AvgIpc) is 3.11. The van der Waals surface area contributed by atoms with E-state index in [1.807, 2.05) is 59.2 Å². The van der Waals surface area contributed by atoms with Gasteiger partial charge in [-0.05, 0) is 58.5 Å². The topological polar surface area (TPSA) is 43.6 Å². The van der Waals surface area contributed by atoms with Crippen molar-refractivity contribution in [3.05, 3.63) is 136 Å². The second kappa shape index (κ2) is 9.49. The fourth-order valence-corrected chi connectivity index (χ4v) is 6.82. The van der Waals surface area contributed by atoms with Crippen molar-refractivity contribution in [1.82, 2.24) is 4.57 Å². The molecule has 1 atom stereocenters. The van der Waals surface area contributed by atoms with E-state index in [0.717, 1.165) is 53.4 Å². The van der Waals surface area contributed by atoms with Crippen LogP contribution in [0.3, 0.4) is 0 Å². The number of ether oxygens (including phenoxy) is 1. The first-order chi connectivity index (χ1) is 18.6. The highest BCUT2D eigenvalue weighted by Crippen LogP contribution is 2.43. The third-order valence-corrected chi connectivity index (χ3v) is 9.08.